The number of halogens is 1. The second kappa shape index (κ2) is 11.4. The Hall–Kier alpha value is -1.37. The van der Waals surface area contributed by atoms with E-state index in [1.165, 1.54) is 18.7 Å². The maximum absolute atomic E-state index is 5.82. The van der Waals surface area contributed by atoms with Crippen LogP contribution in [-0.2, 0) is 6.42 Å². The van der Waals surface area contributed by atoms with Crippen LogP contribution >= 0.6 is 11.6 Å². The molecule has 2 rings (SSSR count). The number of piperazine rings is 1. The number of aromatic nitrogens is 1. The topological polar surface area (TPSA) is 55.8 Å². The molecule has 0 saturated carbocycles. The molecule has 1 atom stereocenters. The predicted octanol–water partition coefficient (Wildman–Crippen LogP) is 1.72. The van der Waals surface area contributed by atoms with Crippen LogP contribution in [0.3, 0.4) is 0 Å². The van der Waals surface area contributed by atoms with Crippen LogP contribution in [0.4, 0.5) is 0 Å². The van der Waals surface area contributed by atoms with E-state index in [4.69, 9.17) is 16.6 Å². The van der Waals surface area contributed by atoms with E-state index in [2.05, 4.69) is 46.3 Å². The first-order valence-electron chi connectivity index (χ1n) is 9.60. The van der Waals surface area contributed by atoms with Gasteiger partial charge < -0.3 is 20.4 Å². The number of likely N-dealkylation sites (N-methyl/N-ethyl adjacent to an activating group) is 1. The standard InChI is InChI=1S/C19H33ClN6/c1-4-21-19(22-8-7-17-5-6-18(20)23-14-17)24-13-16(2)15-26-11-9-25(3)10-12-26/h5-6,14,16H,4,7-13,15H2,1-3H3,(H2,21,22,24). The molecular formula is C19H33ClN6. The van der Waals surface area contributed by atoms with Crippen molar-refractivity contribution in [1.29, 1.82) is 0 Å². The van der Waals surface area contributed by atoms with E-state index in [1.54, 1.807) is 0 Å². The van der Waals surface area contributed by atoms with Crippen molar-refractivity contribution in [3.05, 3.63) is 29.0 Å². The second-order valence-corrected chi connectivity index (χ2v) is 7.48. The highest BCUT2D eigenvalue weighted by Crippen LogP contribution is 2.06. The fourth-order valence-corrected chi connectivity index (χ4v) is 3.11. The van der Waals surface area contributed by atoms with Gasteiger partial charge in [-0.2, -0.15) is 0 Å². The van der Waals surface area contributed by atoms with E-state index in [1.807, 2.05) is 18.3 Å². The quantitative estimate of drug-likeness (QED) is 0.408. The molecule has 0 radical (unpaired) electrons. The lowest BCUT2D eigenvalue weighted by Gasteiger charge is -2.33. The van der Waals surface area contributed by atoms with Gasteiger partial charge in [0.1, 0.15) is 5.15 Å². The first-order valence-corrected chi connectivity index (χ1v) is 9.98. The number of aliphatic imine (C=N–C) groups is 1. The maximum Gasteiger partial charge on any atom is 0.191 e. The number of pyridine rings is 1. The number of hydrogen-bond donors (Lipinski definition) is 2. The molecule has 2 N–H and O–H groups in total. The summed E-state index contributed by atoms with van der Waals surface area (Å²) in [6.45, 7) is 12.7. The third-order valence-electron chi connectivity index (χ3n) is 4.57. The molecule has 1 unspecified atom stereocenters. The smallest absolute Gasteiger partial charge is 0.191 e. The van der Waals surface area contributed by atoms with Crippen LogP contribution in [0.5, 0.6) is 0 Å². The molecule has 7 heteroatoms. The Bertz CT molecular complexity index is 539. The van der Waals surface area contributed by atoms with Crippen molar-refractivity contribution in [3.63, 3.8) is 0 Å². The Morgan fingerprint density at radius 1 is 1.27 bits per heavy atom. The molecule has 1 aliphatic heterocycles. The van der Waals surface area contributed by atoms with Gasteiger partial charge in [-0.05, 0) is 37.9 Å². The minimum atomic E-state index is 0.533. The van der Waals surface area contributed by atoms with E-state index in [-0.39, 0.29) is 0 Å². The third kappa shape index (κ3) is 7.89. The summed E-state index contributed by atoms with van der Waals surface area (Å²) in [5, 5.41) is 7.26. The van der Waals surface area contributed by atoms with Gasteiger partial charge in [0.05, 0.1) is 0 Å². The molecule has 1 aliphatic rings. The molecule has 146 valence electrons. The van der Waals surface area contributed by atoms with Crippen molar-refractivity contribution in [2.75, 3.05) is 59.4 Å². The van der Waals surface area contributed by atoms with Crippen LogP contribution in [-0.4, -0.2) is 80.1 Å². The van der Waals surface area contributed by atoms with Crippen molar-refractivity contribution < 1.29 is 0 Å². The fraction of sp³-hybridized carbons (Fsp3) is 0.684. The summed E-state index contributed by atoms with van der Waals surface area (Å²) in [5.41, 5.74) is 1.17. The van der Waals surface area contributed by atoms with Crippen LogP contribution in [0.25, 0.3) is 0 Å². The van der Waals surface area contributed by atoms with E-state index in [0.717, 1.165) is 51.6 Å². The van der Waals surface area contributed by atoms with Crippen molar-refractivity contribution in [1.82, 2.24) is 25.4 Å². The van der Waals surface area contributed by atoms with Gasteiger partial charge in [-0.1, -0.05) is 24.6 Å². The third-order valence-corrected chi connectivity index (χ3v) is 4.79. The largest absolute Gasteiger partial charge is 0.357 e. The first-order chi connectivity index (χ1) is 12.6. The van der Waals surface area contributed by atoms with Gasteiger partial charge in [-0.25, -0.2) is 4.98 Å². The highest BCUT2D eigenvalue weighted by atomic mass is 35.5. The fourth-order valence-electron chi connectivity index (χ4n) is 3.00. The summed E-state index contributed by atoms with van der Waals surface area (Å²) in [6, 6.07) is 3.84. The maximum atomic E-state index is 5.82. The zero-order valence-electron chi connectivity index (χ0n) is 16.3. The second-order valence-electron chi connectivity index (χ2n) is 7.09. The Morgan fingerprint density at radius 2 is 2.04 bits per heavy atom. The summed E-state index contributed by atoms with van der Waals surface area (Å²) in [7, 11) is 2.19. The van der Waals surface area contributed by atoms with Gasteiger partial charge in [0.25, 0.3) is 0 Å². The molecule has 0 aliphatic carbocycles. The van der Waals surface area contributed by atoms with E-state index < -0.39 is 0 Å². The Kier molecular flexibility index (Phi) is 9.15. The molecule has 1 fully saturated rings. The van der Waals surface area contributed by atoms with Crippen LogP contribution in [0.1, 0.15) is 19.4 Å². The zero-order valence-corrected chi connectivity index (χ0v) is 17.1. The summed E-state index contributed by atoms with van der Waals surface area (Å²) < 4.78 is 0. The summed E-state index contributed by atoms with van der Waals surface area (Å²) >= 11 is 5.82. The average Bonchev–Trinajstić information content (AvgIpc) is 2.63. The number of rotatable bonds is 8. The number of nitrogens with zero attached hydrogens (tertiary/aromatic N) is 4. The lowest BCUT2D eigenvalue weighted by atomic mass is 10.1. The van der Waals surface area contributed by atoms with Crippen molar-refractivity contribution in [2.45, 2.75) is 20.3 Å². The lowest BCUT2D eigenvalue weighted by Crippen LogP contribution is -2.46. The Balaban J connectivity index is 1.73. The normalized spacial score (nSPS) is 17.9. The molecule has 0 bridgehead atoms. The Labute approximate surface area is 163 Å². The molecule has 1 aromatic rings. The van der Waals surface area contributed by atoms with E-state index in [0.29, 0.717) is 11.1 Å². The molecule has 6 nitrogen and oxygen atoms in total. The van der Waals surface area contributed by atoms with Crippen LogP contribution in [0.15, 0.2) is 23.3 Å². The number of nitrogens with one attached hydrogen (secondary N) is 2. The summed E-state index contributed by atoms with van der Waals surface area (Å²) in [6.07, 6.45) is 2.72. The van der Waals surface area contributed by atoms with Gasteiger partial charge in [0.15, 0.2) is 5.96 Å². The van der Waals surface area contributed by atoms with Crippen LogP contribution < -0.4 is 10.6 Å². The van der Waals surface area contributed by atoms with Crippen molar-refractivity contribution in [2.24, 2.45) is 10.9 Å². The monoisotopic (exact) mass is 380 g/mol. The highest BCUT2D eigenvalue weighted by Gasteiger charge is 2.15. The van der Waals surface area contributed by atoms with E-state index in [9.17, 15) is 0 Å². The number of hydrogen-bond acceptors (Lipinski definition) is 4. The lowest BCUT2D eigenvalue weighted by molar-refractivity contribution is 0.140. The van der Waals surface area contributed by atoms with Gasteiger partial charge in [-0.3, -0.25) is 4.99 Å². The molecule has 0 spiro atoms. The zero-order chi connectivity index (χ0) is 18.8. The highest BCUT2D eigenvalue weighted by molar-refractivity contribution is 6.29. The van der Waals surface area contributed by atoms with Crippen molar-refractivity contribution in [3.8, 4) is 0 Å². The minimum absolute atomic E-state index is 0.533. The molecule has 0 amide bonds. The van der Waals surface area contributed by atoms with Crippen molar-refractivity contribution >= 4 is 17.6 Å². The number of guanidine groups is 1. The van der Waals surface area contributed by atoms with Gasteiger partial charge in [0.2, 0.25) is 0 Å². The predicted molar refractivity (Wildman–Crippen MR) is 110 cm³/mol. The molecule has 0 aromatic carbocycles. The minimum Gasteiger partial charge on any atom is -0.357 e. The van der Waals surface area contributed by atoms with Gasteiger partial charge >= 0.3 is 0 Å². The van der Waals surface area contributed by atoms with E-state index >= 15 is 0 Å². The first kappa shape index (κ1) is 20.9. The molecular weight excluding hydrogens is 348 g/mol. The summed E-state index contributed by atoms with van der Waals surface area (Å²) in [4.78, 5) is 13.8. The Morgan fingerprint density at radius 3 is 2.69 bits per heavy atom. The average molecular weight is 381 g/mol. The molecule has 2 heterocycles. The molecule has 1 aromatic heterocycles. The molecule has 1 saturated heterocycles. The van der Waals surface area contributed by atoms with Gasteiger partial charge in [-0.15, -0.1) is 0 Å². The van der Waals surface area contributed by atoms with Crippen LogP contribution in [0, 0.1) is 5.92 Å². The van der Waals surface area contributed by atoms with Gasteiger partial charge in [0, 0.05) is 58.6 Å². The SMILES string of the molecule is CCNC(=NCC(C)CN1CCN(C)CC1)NCCc1ccc(Cl)nc1. The van der Waals surface area contributed by atoms with Crippen LogP contribution in [0.2, 0.25) is 5.15 Å². The summed E-state index contributed by atoms with van der Waals surface area (Å²) in [5.74, 6) is 1.44. The molecule has 26 heavy (non-hydrogen) atoms.